The van der Waals surface area contributed by atoms with Crippen LogP contribution in [0.2, 0.25) is 0 Å². The summed E-state index contributed by atoms with van der Waals surface area (Å²) in [6.45, 7) is 2.30. The first-order valence-electron chi connectivity index (χ1n) is 8.72. The molecular formula is C20H16F2N4O3. The maximum Gasteiger partial charge on any atom is 0.274 e. The Balaban J connectivity index is 1.47. The third kappa shape index (κ3) is 4.23. The molecule has 148 valence electrons. The van der Waals surface area contributed by atoms with E-state index in [0.29, 0.717) is 29.8 Å². The Morgan fingerprint density at radius 2 is 1.90 bits per heavy atom. The number of nitrogens with one attached hydrogen (secondary N) is 2. The van der Waals surface area contributed by atoms with Crippen LogP contribution in [-0.2, 0) is 6.54 Å². The molecule has 2 heterocycles. The summed E-state index contributed by atoms with van der Waals surface area (Å²) < 4.78 is 37.4. The number of fused-ring (bicyclic) bond motifs is 1. The van der Waals surface area contributed by atoms with E-state index >= 15 is 0 Å². The first kappa shape index (κ1) is 18.6. The molecule has 1 amide bonds. The van der Waals surface area contributed by atoms with Crippen LogP contribution in [-0.4, -0.2) is 22.7 Å². The molecule has 0 aliphatic carbocycles. The molecule has 0 saturated carbocycles. The minimum absolute atomic E-state index is 0.0504. The van der Waals surface area contributed by atoms with Gasteiger partial charge in [0.15, 0.2) is 11.5 Å². The average Bonchev–Trinajstić information content (AvgIpc) is 3.16. The molecule has 0 fully saturated rings. The number of hydrogen-bond donors (Lipinski definition) is 2. The van der Waals surface area contributed by atoms with Crippen LogP contribution < -0.4 is 20.1 Å². The van der Waals surface area contributed by atoms with Crippen LogP contribution in [0.15, 0.2) is 42.5 Å². The number of nitrogens with zero attached hydrogens (tertiary/aromatic N) is 2. The van der Waals surface area contributed by atoms with E-state index in [1.165, 1.54) is 6.07 Å². The normalized spacial score (nSPS) is 12.0. The maximum absolute atomic E-state index is 13.8. The number of aromatic nitrogens is 2. The van der Waals surface area contributed by atoms with Gasteiger partial charge in [-0.15, -0.1) is 0 Å². The summed E-state index contributed by atoms with van der Waals surface area (Å²) in [5, 5.41) is 5.43. The van der Waals surface area contributed by atoms with Crippen molar-refractivity contribution in [1.82, 2.24) is 9.97 Å². The van der Waals surface area contributed by atoms with Crippen LogP contribution in [0.3, 0.4) is 0 Å². The predicted molar refractivity (Wildman–Crippen MR) is 101 cm³/mol. The second-order valence-electron chi connectivity index (χ2n) is 6.34. The van der Waals surface area contributed by atoms with E-state index in [4.69, 9.17) is 9.47 Å². The molecular weight excluding hydrogens is 382 g/mol. The van der Waals surface area contributed by atoms with Gasteiger partial charge in [0.05, 0.1) is 5.69 Å². The average molecular weight is 398 g/mol. The first-order valence-corrected chi connectivity index (χ1v) is 8.72. The number of halogens is 2. The molecule has 0 radical (unpaired) electrons. The van der Waals surface area contributed by atoms with Crippen molar-refractivity contribution in [3.8, 4) is 11.5 Å². The number of hydrogen-bond acceptors (Lipinski definition) is 6. The largest absolute Gasteiger partial charge is 0.454 e. The number of carbonyl (C=O) groups is 1. The highest BCUT2D eigenvalue weighted by atomic mass is 19.1. The van der Waals surface area contributed by atoms with Crippen molar-refractivity contribution in [3.63, 3.8) is 0 Å². The quantitative estimate of drug-likeness (QED) is 0.682. The van der Waals surface area contributed by atoms with Crippen molar-refractivity contribution in [2.24, 2.45) is 0 Å². The van der Waals surface area contributed by atoms with Crippen LogP contribution in [0.4, 0.5) is 20.4 Å². The Morgan fingerprint density at radius 1 is 1.07 bits per heavy atom. The molecule has 9 heteroatoms. The fraction of sp³-hybridized carbons (Fsp3) is 0.150. The highest BCUT2D eigenvalue weighted by Gasteiger charge is 2.15. The van der Waals surface area contributed by atoms with Gasteiger partial charge < -0.3 is 20.1 Å². The molecule has 0 unspecified atom stereocenters. The molecule has 7 nitrogen and oxygen atoms in total. The van der Waals surface area contributed by atoms with E-state index in [2.05, 4.69) is 20.6 Å². The Labute approximate surface area is 164 Å². The van der Waals surface area contributed by atoms with Gasteiger partial charge in [-0.25, -0.2) is 18.7 Å². The van der Waals surface area contributed by atoms with Gasteiger partial charge >= 0.3 is 0 Å². The van der Waals surface area contributed by atoms with Crippen LogP contribution in [0.5, 0.6) is 11.5 Å². The lowest BCUT2D eigenvalue weighted by molar-refractivity contribution is 0.102. The lowest BCUT2D eigenvalue weighted by atomic mass is 10.2. The zero-order chi connectivity index (χ0) is 20.4. The number of benzene rings is 2. The topological polar surface area (TPSA) is 85.4 Å². The number of amides is 1. The number of carbonyl (C=O) groups excluding carboxylic acids is 1. The van der Waals surface area contributed by atoms with Gasteiger partial charge in [-0.3, -0.25) is 4.79 Å². The van der Waals surface area contributed by atoms with E-state index in [-0.39, 0.29) is 24.1 Å². The summed E-state index contributed by atoms with van der Waals surface area (Å²) in [6.07, 6.45) is 0. The Bertz CT molecular complexity index is 1090. The number of anilines is 2. The third-order valence-electron chi connectivity index (χ3n) is 4.15. The van der Waals surface area contributed by atoms with E-state index in [1.807, 2.05) is 18.2 Å². The minimum Gasteiger partial charge on any atom is -0.454 e. The predicted octanol–water partition coefficient (Wildman–Crippen LogP) is 3.66. The fourth-order valence-corrected chi connectivity index (χ4v) is 2.77. The van der Waals surface area contributed by atoms with Crippen molar-refractivity contribution in [1.29, 1.82) is 0 Å². The van der Waals surface area contributed by atoms with Crippen LogP contribution >= 0.6 is 0 Å². The number of ether oxygens (including phenoxy) is 2. The van der Waals surface area contributed by atoms with Crippen molar-refractivity contribution < 1.29 is 23.0 Å². The van der Waals surface area contributed by atoms with Gasteiger partial charge in [-0.2, -0.15) is 0 Å². The Kier molecular flexibility index (Phi) is 4.94. The van der Waals surface area contributed by atoms with Gasteiger partial charge in [0.1, 0.15) is 17.3 Å². The zero-order valence-electron chi connectivity index (χ0n) is 15.3. The van der Waals surface area contributed by atoms with Crippen molar-refractivity contribution >= 4 is 17.5 Å². The Morgan fingerprint density at radius 3 is 2.72 bits per heavy atom. The molecule has 1 aliphatic rings. The highest BCUT2D eigenvalue weighted by Crippen LogP contribution is 2.32. The monoisotopic (exact) mass is 398 g/mol. The highest BCUT2D eigenvalue weighted by molar-refractivity contribution is 6.03. The molecule has 2 N–H and O–H groups in total. The van der Waals surface area contributed by atoms with Crippen molar-refractivity contribution in [2.45, 2.75) is 13.5 Å². The van der Waals surface area contributed by atoms with Gasteiger partial charge in [0.25, 0.3) is 5.91 Å². The summed E-state index contributed by atoms with van der Waals surface area (Å²) in [5.41, 5.74) is 1.38. The fourth-order valence-electron chi connectivity index (χ4n) is 2.77. The van der Waals surface area contributed by atoms with Gasteiger partial charge in [-0.05, 0) is 42.8 Å². The molecule has 0 saturated heterocycles. The summed E-state index contributed by atoms with van der Waals surface area (Å²) in [4.78, 5) is 20.9. The standard InChI is InChI=1S/C20H16F2N4O3/c1-11-6-16(19(27)25-15-4-3-13(21)8-14(15)22)26-20(24-11)23-9-12-2-5-17-18(7-12)29-10-28-17/h2-8H,9-10H2,1H3,(H,25,27)(H,23,24,26). The van der Waals surface area contributed by atoms with Crippen LogP contribution in [0.1, 0.15) is 21.7 Å². The molecule has 0 bridgehead atoms. The molecule has 1 aliphatic heterocycles. The SMILES string of the molecule is Cc1cc(C(=O)Nc2ccc(F)cc2F)nc(NCc2ccc3c(c2)OCO3)n1. The second-order valence-corrected chi connectivity index (χ2v) is 6.34. The van der Waals surface area contributed by atoms with E-state index in [0.717, 1.165) is 17.7 Å². The number of aryl methyl sites for hydroxylation is 1. The lowest BCUT2D eigenvalue weighted by Gasteiger charge is -2.10. The summed E-state index contributed by atoms with van der Waals surface area (Å²) >= 11 is 0. The lowest BCUT2D eigenvalue weighted by Crippen LogP contribution is -2.17. The molecule has 3 aromatic rings. The third-order valence-corrected chi connectivity index (χ3v) is 4.15. The minimum atomic E-state index is -0.870. The number of rotatable bonds is 5. The molecule has 0 spiro atoms. The Hall–Kier alpha value is -3.75. The van der Waals surface area contributed by atoms with Gasteiger partial charge in [0, 0.05) is 18.3 Å². The van der Waals surface area contributed by atoms with Crippen LogP contribution in [0, 0.1) is 18.6 Å². The van der Waals surface area contributed by atoms with Crippen LogP contribution in [0.25, 0.3) is 0 Å². The summed E-state index contributed by atoms with van der Waals surface area (Å²) in [7, 11) is 0. The van der Waals surface area contributed by atoms with E-state index in [9.17, 15) is 13.6 Å². The van der Waals surface area contributed by atoms with Crippen molar-refractivity contribution in [3.05, 3.63) is 71.1 Å². The second kappa shape index (κ2) is 7.70. The summed E-state index contributed by atoms with van der Waals surface area (Å²) in [6, 6.07) is 9.91. The van der Waals surface area contributed by atoms with Gasteiger partial charge in [0.2, 0.25) is 12.7 Å². The smallest absolute Gasteiger partial charge is 0.274 e. The molecule has 4 rings (SSSR count). The van der Waals surface area contributed by atoms with E-state index in [1.54, 1.807) is 6.92 Å². The van der Waals surface area contributed by atoms with E-state index < -0.39 is 17.5 Å². The first-order chi connectivity index (χ1) is 14.0. The molecule has 29 heavy (non-hydrogen) atoms. The van der Waals surface area contributed by atoms with Gasteiger partial charge in [-0.1, -0.05) is 6.07 Å². The molecule has 1 aromatic heterocycles. The summed E-state index contributed by atoms with van der Waals surface area (Å²) in [5.74, 6) is -0.637. The molecule has 2 aromatic carbocycles. The molecule has 0 atom stereocenters. The van der Waals surface area contributed by atoms with Crippen molar-refractivity contribution in [2.75, 3.05) is 17.4 Å². The maximum atomic E-state index is 13.8. The zero-order valence-corrected chi connectivity index (χ0v) is 15.3.